The number of aliphatic hydroxyl groups is 1. The molecule has 4 rings (SSSR count). The zero-order valence-electron chi connectivity index (χ0n) is 19.9. The van der Waals surface area contributed by atoms with E-state index in [4.69, 9.17) is 9.47 Å². The summed E-state index contributed by atoms with van der Waals surface area (Å²) in [5.74, 6) is 0.416. The number of hydrogen-bond acceptors (Lipinski definition) is 5. The van der Waals surface area contributed by atoms with Gasteiger partial charge in [0, 0.05) is 55.8 Å². The van der Waals surface area contributed by atoms with Gasteiger partial charge < -0.3 is 28.5 Å². The van der Waals surface area contributed by atoms with E-state index in [1.165, 1.54) is 0 Å². The van der Waals surface area contributed by atoms with Crippen LogP contribution in [0.1, 0.15) is 44.3 Å². The quantitative estimate of drug-likeness (QED) is 0.369. The molecule has 2 amide bonds. The highest BCUT2D eigenvalue weighted by Gasteiger charge is 2.49. The number of rotatable bonds is 7. The molecule has 1 unspecified atom stereocenters. The van der Waals surface area contributed by atoms with Crippen molar-refractivity contribution in [3.63, 3.8) is 0 Å². The number of carbonyl (C=O) groups is 2. The van der Waals surface area contributed by atoms with Gasteiger partial charge in [-0.15, -0.1) is 0 Å². The van der Waals surface area contributed by atoms with Crippen molar-refractivity contribution >= 4 is 25.9 Å². The van der Waals surface area contributed by atoms with E-state index >= 15 is 4.11 Å². The topological polar surface area (TPSA) is 79.3 Å². The number of β-lactam (4-membered cyclic amide) rings is 1. The van der Waals surface area contributed by atoms with E-state index < -0.39 is 20.1 Å². The van der Waals surface area contributed by atoms with Crippen molar-refractivity contribution < 1.29 is 28.3 Å². The fourth-order valence-electron chi connectivity index (χ4n) is 5.53. The zero-order chi connectivity index (χ0) is 23.9. The van der Waals surface area contributed by atoms with Crippen molar-refractivity contribution in [1.82, 2.24) is 4.90 Å². The molecule has 0 spiro atoms. The molecule has 0 saturated carbocycles. The lowest BCUT2D eigenvalue weighted by Gasteiger charge is -2.43. The predicted molar refractivity (Wildman–Crippen MR) is 126 cm³/mol. The maximum Gasteiger partial charge on any atom is 0.248 e. The van der Waals surface area contributed by atoms with E-state index in [9.17, 15) is 14.7 Å². The Kier molecular flexibility index (Phi) is 6.84. The molecule has 5 atom stereocenters. The second-order valence-corrected chi connectivity index (χ2v) is 13.9. The van der Waals surface area contributed by atoms with Gasteiger partial charge in [0.15, 0.2) is 0 Å². The normalized spacial score (nSPS) is 28.2. The van der Waals surface area contributed by atoms with Crippen molar-refractivity contribution in [2.24, 2.45) is 5.92 Å². The molecule has 2 saturated heterocycles. The van der Waals surface area contributed by atoms with Gasteiger partial charge in [-0.3, -0.25) is 9.59 Å². The third kappa shape index (κ3) is 4.55. The molecule has 1 aromatic carbocycles. The zero-order valence-corrected chi connectivity index (χ0v) is 20.9. The number of carbonyl (C=O) groups excluding carboxylic acids is 2. The number of benzene rings is 1. The molecule has 33 heavy (non-hydrogen) atoms. The van der Waals surface area contributed by atoms with E-state index in [2.05, 4.69) is 0 Å². The van der Waals surface area contributed by atoms with Crippen LogP contribution in [0.5, 0.6) is 5.75 Å². The number of anilines is 1. The first kappa shape index (κ1) is 24.2. The largest absolute Gasteiger partial charge is 0.490 e. The highest BCUT2D eigenvalue weighted by Crippen LogP contribution is 2.48. The van der Waals surface area contributed by atoms with Crippen LogP contribution in [0.25, 0.3) is 0 Å². The van der Waals surface area contributed by atoms with E-state index in [-0.39, 0.29) is 42.9 Å². The minimum Gasteiger partial charge on any atom is -0.490 e. The lowest BCUT2D eigenvalue weighted by atomic mass is 9.86. The van der Waals surface area contributed by atoms with Crippen LogP contribution in [0.2, 0.25) is 18.6 Å². The SMILES string of the molecule is CO[C@H]1c2cc(N3CCC3=O)ccc2O[C@@H](C(CC(=O)N2CCC[C@H]2CO)[Si](C)(C)F)[C@@H]1C. The van der Waals surface area contributed by atoms with Crippen LogP contribution in [0.4, 0.5) is 9.80 Å². The summed E-state index contributed by atoms with van der Waals surface area (Å²) in [6, 6.07) is 5.43. The number of ether oxygens (including phenoxy) is 2. The second-order valence-electron chi connectivity index (χ2n) is 10.1. The first-order valence-electron chi connectivity index (χ1n) is 11.9. The molecule has 3 aliphatic heterocycles. The van der Waals surface area contributed by atoms with Crippen LogP contribution >= 0.6 is 0 Å². The van der Waals surface area contributed by atoms with Crippen LogP contribution < -0.4 is 9.64 Å². The van der Waals surface area contributed by atoms with Crippen LogP contribution in [0, 0.1) is 5.92 Å². The van der Waals surface area contributed by atoms with Gasteiger partial charge in [0.1, 0.15) is 11.9 Å². The number of amides is 2. The monoisotopic (exact) mass is 478 g/mol. The third-order valence-electron chi connectivity index (χ3n) is 7.56. The first-order chi connectivity index (χ1) is 15.7. The lowest BCUT2D eigenvalue weighted by Crippen LogP contribution is -2.48. The third-order valence-corrected chi connectivity index (χ3v) is 9.85. The molecule has 0 radical (unpaired) electrons. The first-order valence-corrected chi connectivity index (χ1v) is 14.8. The number of methoxy groups -OCH3 is 1. The molecule has 3 heterocycles. The van der Waals surface area contributed by atoms with E-state index in [1.54, 1.807) is 30.0 Å². The van der Waals surface area contributed by atoms with Gasteiger partial charge >= 0.3 is 0 Å². The molecule has 3 aliphatic rings. The van der Waals surface area contributed by atoms with Crippen LogP contribution in [-0.4, -0.2) is 69.2 Å². The molecule has 182 valence electrons. The molecule has 2 fully saturated rings. The Labute approximate surface area is 196 Å². The van der Waals surface area contributed by atoms with Crippen molar-refractivity contribution in [1.29, 1.82) is 0 Å². The second kappa shape index (κ2) is 9.35. The molecule has 1 aromatic rings. The Morgan fingerprint density at radius 1 is 1.36 bits per heavy atom. The molecule has 1 N–H and O–H groups in total. The minimum absolute atomic E-state index is 0.0629. The van der Waals surface area contributed by atoms with E-state index in [1.807, 2.05) is 25.1 Å². The van der Waals surface area contributed by atoms with Gasteiger partial charge in [0.25, 0.3) is 0 Å². The molecular formula is C24H35FN2O5Si. The molecule has 9 heteroatoms. The summed E-state index contributed by atoms with van der Waals surface area (Å²) in [6.07, 6.45) is 1.41. The van der Waals surface area contributed by atoms with Crippen LogP contribution in [-0.2, 0) is 14.3 Å². The van der Waals surface area contributed by atoms with Gasteiger partial charge in [0.05, 0.1) is 18.8 Å². The average molecular weight is 479 g/mol. The number of fused-ring (bicyclic) bond motifs is 1. The Morgan fingerprint density at radius 3 is 2.70 bits per heavy atom. The predicted octanol–water partition coefficient (Wildman–Crippen LogP) is 3.43. The van der Waals surface area contributed by atoms with Gasteiger partial charge in [-0.25, -0.2) is 0 Å². The standard InChI is InChI=1S/C24H35FN2O5Si/c1-15-23(31-2)18-12-16(27-11-9-21(27)29)7-8-19(18)32-24(15)20(33(3,4)25)13-22(30)26-10-5-6-17(26)14-28/h7-8,12,15,17,20,23-24,28H,5-6,9-11,13-14H2,1-4H3/t15-,17+,20?,23-,24-/m1/s1. The summed E-state index contributed by atoms with van der Waals surface area (Å²) in [5, 5.41) is 9.62. The minimum atomic E-state index is -3.30. The average Bonchev–Trinajstić information content (AvgIpc) is 3.24. The molecule has 0 aliphatic carbocycles. The molecule has 0 aromatic heterocycles. The summed E-state index contributed by atoms with van der Waals surface area (Å²) < 4.78 is 27.9. The summed E-state index contributed by atoms with van der Waals surface area (Å²) in [7, 11) is -1.68. The molecule has 7 nitrogen and oxygen atoms in total. The summed E-state index contributed by atoms with van der Waals surface area (Å²) in [5.41, 5.74) is 1.11. The number of nitrogens with zero attached hydrogens (tertiary/aromatic N) is 2. The van der Waals surface area contributed by atoms with Crippen LogP contribution in [0.3, 0.4) is 0 Å². The lowest BCUT2D eigenvalue weighted by molar-refractivity contribution is -0.133. The molecule has 0 bridgehead atoms. The fraction of sp³-hybridized carbons (Fsp3) is 0.667. The Morgan fingerprint density at radius 2 is 2.12 bits per heavy atom. The molecular weight excluding hydrogens is 443 g/mol. The highest BCUT2D eigenvalue weighted by atomic mass is 28.4. The summed E-state index contributed by atoms with van der Waals surface area (Å²) in [6.45, 7) is 6.48. The highest BCUT2D eigenvalue weighted by molar-refractivity contribution is 6.72. The summed E-state index contributed by atoms with van der Waals surface area (Å²) >= 11 is 0. The maximum absolute atomic E-state index is 15.7. The van der Waals surface area contributed by atoms with Gasteiger partial charge in [-0.2, -0.15) is 0 Å². The maximum atomic E-state index is 15.7. The Bertz CT molecular complexity index is 907. The number of halogens is 1. The smallest absolute Gasteiger partial charge is 0.248 e. The Balaban J connectivity index is 1.61. The van der Waals surface area contributed by atoms with E-state index in [0.717, 1.165) is 24.1 Å². The number of hydrogen-bond donors (Lipinski definition) is 1. The van der Waals surface area contributed by atoms with Gasteiger partial charge in [-0.05, 0) is 44.1 Å². The summed E-state index contributed by atoms with van der Waals surface area (Å²) in [4.78, 5) is 28.5. The van der Waals surface area contributed by atoms with Crippen molar-refractivity contribution in [2.75, 3.05) is 31.7 Å². The van der Waals surface area contributed by atoms with Crippen molar-refractivity contribution in [2.45, 2.75) is 69.5 Å². The number of aliphatic hydroxyl groups excluding tert-OH is 1. The van der Waals surface area contributed by atoms with Crippen molar-refractivity contribution in [3.05, 3.63) is 23.8 Å². The van der Waals surface area contributed by atoms with E-state index in [0.29, 0.717) is 25.3 Å². The number of likely N-dealkylation sites (tertiary alicyclic amines) is 1. The van der Waals surface area contributed by atoms with Gasteiger partial charge in [-0.1, -0.05) is 6.92 Å². The Hall–Kier alpha value is -1.97. The van der Waals surface area contributed by atoms with Crippen LogP contribution in [0.15, 0.2) is 18.2 Å². The fourth-order valence-corrected chi connectivity index (χ4v) is 7.34. The van der Waals surface area contributed by atoms with Gasteiger partial charge in [0.2, 0.25) is 20.2 Å². The van der Waals surface area contributed by atoms with Crippen molar-refractivity contribution in [3.8, 4) is 5.75 Å².